The molecular weight excluding hydrogens is 476 g/mol. The zero-order chi connectivity index (χ0) is 26.5. The van der Waals surface area contributed by atoms with Gasteiger partial charge in [0, 0.05) is 50.7 Å². The van der Waals surface area contributed by atoms with Crippen LogP contribution in [-0.2, 0) is 13.6 Å². The quantitative estimate of drug-likeness (QED) is 0.237. The number of imidazole rings is 1. The third-order valence-corrected chi connectivity index (χ3v) is 6.40. The number of nitrogens with one attached hydrogen (secondary N) is 3. The van der Waals surface area contributed by atoms with Crippen molar-refractivity contribution in [2.45, 2.75) is 19.5 Å². The number of amides is 1. The van der Waals surface area contributed by atoms with E-state index in [9.17, 15) is 4.79 Å². The molecule has 0 saturated heterocycles. The summed E-state index contributed by atoms with van der Waals surface area (Å²) in [6, 6.07) is 28.1. The van der Waals surface area contributed by atoms with Gasteiger partial charge in [-0.15, -0.1) is 0 Å². The fourth-order valence-corrected chi connectivity index (χ4v) is 4.19. The number of carbonyl (C=O) groups excluding carboxylic acids is 1. The Morgan fingerprint density at radius 1 is 0.974 bits per heavy atom. The molecule has 0 aliphatic heterocycles. The average Bonchev–Trinajstić information content (AvgIpc) is 3.26. The van der Waals surface area contributed by atoms with E-state index < -0.39 is 0 Å². The van der Waals surface area contributed by atoms with Gasteiger partial charge in [-0.2, -0.15) is 0 Å². The number of aromatic nitrogens is 3. The highest BCUT2D eigenvalue weighted by Crippen LogP contribution is 2.28. The Bertz CT molecular complexity index is 1550. The molecule has 0 aliphatic carbocycles. The topological polar surface area (TPSA) is 93.1 Å². The lowest BCUT2D eigenvalue weighted by atomic mass is 10.1. The van der Waals surface area contributed by atoms with Crippen molar-refractivity contribution < 1.29 is 9.53 Å². The number of fused-ring (bicyclic) bond motifs is 1. The molecule has 0 saturated carbocycles. The van der Waals surface area contributed by atoms with Crippen LogP contribution in [0.5, 0.6) is 11.5 Å². The molecule has 192 valence electrons. The number of pyridine rings is 1. The van der Waals surface area contributed by atoms with Gasteiger partial charge in [0.05, 0.1) is 11.0 Å². The van der Waals surface area contributed by atoms with E-state index in [2.05, 4.69) is 76.4 Å². The molecule has 3 N–H and O–H groups in total. The monoisotopic (exact) mass is 506 g/mol. The Morgan fingerprint density at radius 3 is 2.50 bits per heavy atom. The summed E-state index contributed by atoms with van der Waals surface area (Å²) >= 11 is 0. The van der Waals surface area contributed by atoms with Crippen molar-refractivity contribution in [1.29, 1.82) is 0 Å². The smallest absolute Gasteiger partial charge is 0.269 e. The van der Waals surface area contributed by atoms with Crippen LogP contribution in [0.1, 0.15) is 34.6 Å². The lowest BCUT2D eigenvalue weighted by Gasteiger charge is -2.15. The minimum atomic E-state index is -0.266. The van der Waals surface area contributed by atoms with Crippen LogP contribution in [0, 0.1) is 0 Å². The Labute approximate surface area is 221 Å². The molecule has 8 nitrogen and oxygen atoms in total. The second kappa shape index (κ2) is 11.1. The van der Waals surface area contributed by atoms with Crippen molar-refractivity contribution in [2.24, 2.45) is 7.05 Å². The first-order valence-corrected chi connectivity index (χ1v) is 12.5. The maximum atomic E-state index is 11.9. The van der Waals surface area contributed by atoms with Gasteiger partial charge >= 0.3 is 0 Å². The van der Waals surface area contributed by atoms with E-state index in [0.29, 0.717) is 17.2 Å². The number of rotatable bonds is 9. The summed E-state index contributed by atoms with van der Waals surface area (Å²) in [4.78, 5) is 20.7. The summed E-state index contributed by atoms with van der Waals surface area (Å²) in [5, 5.41) is 9.56. The fourth-order valence-electron chi connectivity index (χ4n) is 4.19. The number of benzene rings is 3. The molecule has 38 heavy (non-hydrogen) atoms. The summed E-state index contributed by atoms with van der Waals surface area (Å²) in [7, 11) is 3.54. The molecule has 1 unspecified atom stereocenters. The number of aryl methyl sites for hydroxylation is 1. The van der Waals surface area contributed by atoms with Gasteiger partial charge in [-0.25, -0.2) is 4.98 Å². The maximum absolute atomic E-state index is 11.9. The van der Waals surface area contributed by atoms with E-state index in [-0.39, 0.29) is 11.9 Å². The van der Waals surface area contributed by atoms with E-state index in [1.54, 1.807) is 25.4 Å². The van der Waals surface area contributed by atoms with Crippen LogP contribution in [0.2, 0.25) is 0 Å². The highest BCUT2D eigenvalue weighted by atomic mass is 16.5. The largest absolute Gasteiger partial charge is 0.457 e. The van der Waals surface area contributed by atoms with E-state index in [0.717, 1.165) is 29.2 Å². The first-order chi connectivity index (χ1) is 18.5. The third kappa shape index (κ3) is 5.66. The number of hydrogen-bond acceptors (Lipinski definition) is 6. The van der Waals surface area contributed by atoms with Crippen LogP contribution < -0.4 is 20.7 Å². The molecule has 2 heterocycles. The zero-order valence-electron chi connectivity index (χ0n) is 21.6. The summed E-state index contributed by atoms with van der Waals surface area (Å²) in [5.41, 5.74) is 5.50. The molecule has 0 aliphatic rings. The Balaban J connectivity index is 1.26. The third-order valence-electron chi connectivity index (χ3n) is 6.40. The molecule has 0 bridgehead atoms. The van der Waals surface area contributed by atoms with Gasteiger partial charge in [-0.1, -0.05) is 42.5 Å². The summed E-state index contributed by atoms with van der Waals surface area (Å²) in [6.07, 6.45) is 1.55. The van der Waals surface area contributed by atoms with Gasteiger partial charge in [-0.05, 0) is 48.4 Å². The standard InChI is InChI=1S/C30H30N6O2/c1-20(33-19-21-7-5-4-6-8-21)22-9-11-23(12-10-22)34-30-35-26-17-24(13-14-28(26)36(30)3)38-25-15-16-32-27(18-25)29(37)31-2/h4-18,20,33H,19H2,1-3H3,(H,31,37)(H,34,35). The molecule has 3 aromatic carbocycles. The molecule has 1 amide bonds. The number of hydrogen-bond donors (Lipinski definition) is 3. The van der Waals surface area contributed by atoms with Crippen LogP contribution >= 0.6 is 0 Å². The highest BCUT2D eigenvalue weighted by Gasteiger charge is 2.12. The molecule has 2 aromatic heterocycles. The summed E-state index contributed by atoms with van der Waals surface area (Å²) in [6.45, 7) is 2.99. The van der Waals surface area contributed by atoms with Gasteiger partial charge in [0.1, 0.15) is 17.2 Å². The second-order valence-electron chi connectivity index (χ2n) is 9.04. The first kappa shape index (κ1) is 25.0. The molecule has 0 radical (unpaired) electrons. The highest BCUT2D eigenvalue weighted by molar-refractivity contribution is 5.92. The second-order valence-corrected chi connectivity index (χ2v) is 9.04. The predicted molar refractivity (Wildman–Crippen MR) is 150 cm³/mol. The summed E-state index contributed by atoms with van der Waals surface area (Å²) in [5.74, 6) is 1.61. The van der Waals surface area contributed by atoms with Gasteiger partial charge in [0.15, 0.2) is 0 Å². The van der Waals surface area contributed by atoms with Gasteiger partial charge in [-0.3, -0.25) is 9.78 Å². The summed E-state index contributed by atoms with van der Waals surface area (Å²) < 4.78 is 7.98. The fraction of sp³-hybridized carbons (Fsp3) is 0.167. The maximum Gasteiger partial charge on any atom is 0.269 e. The molecule has 5 rings (SSSR count). The number of anilines is 2. The van der Waals surface area contributed by atoms with Crippen molar-refractivity contribution in [3.05, 3.63) is 108 Å². The SMILES string of the molecule is CNC(=O)c1cc(Oc2ccc3c(c2)nc(Nc2ccc(C(C)NCc4ccccc4)cc2)n3C)ccn1. The van der Waals surface area contributed by atoms with Crippen LogP contribution in [0.25, 0.3) is 11.0 Å². The zero-order valence-corrected chi connectivity index (χ0v) is 21.6. The Hall–Kier alpha value is -4.69. The minimum absolute atomic E-state index is 0.228. The average molecular weight is 507 g/mol. The molecule has 5 aromatic rings. The first-order valence-electron chi connectivity index (χ1n) is 12.5. The normalized spacial score (nSPS) is 11.8. The lowest BCUT2D eigenvalue weighted by Crippen LogP contribution is -2.18. The minimum Gasteiger partial charge on any atom is -0.457 e. The Morgan fingerprint density at radius 2 is 1.74 bits per heavy atom. The van der Waals surface area contributed by atoms with Crippen molar-refractivity contribution in [3.8, 4) is 11.5 Å². The van der Waals surface area contributed by atoms with Crippen LogP contribution in [0.4, 0.5) is 11.6 Å². The van der Waals surface area contributed by atoms with Crippen molar-refractivity contribution in [2.75, 3.05) is 12.4 Å². The van der Waals surface area contributed by atoms with Crippen LogP contribution in [0.15, 0.2) is 91.1 Å². The molecule has 1 atom stereocenters. The van der Waals surface area contributed by atoms with Gasteiger partial charge in [0.25, 0.3) is 5.91 Å². The van der Waals surface area contributed by atoms with Gasteiger partial charge < -0.3 is 25.3 Å². The van der Waals surface area contributed by atoms with Crippen LogP contribution in [0.3, 0.4) is 0 Å². The number of carbonyl (C=O) groups is 1. The molecule has 0 spiro atoms. The molecule has 8 heteroatoms. The van der Waals surface area contributed by atoms with E-state index in [4.69, 9.17) is 9.72 Å². The number of ether oxygens (including phenoxy) is 1. The predicted octanol–water partition coefficient (Wildman–Crippen LogP) is 5.71. The molecule has 0 fully saturated rings. The van der Waals surface area contributed by atoms with Crippen molar-refractivity contribution in [1.82, 2.24) is 25.2 Å². The van der Waals surface area contributed by atoms with E-state index in [1.165, 1.54) is 11.1 Å². The number of nitrogens with zero attached hydrogens (tertiary/aromatic N) is 3. The van der Waals surface area contributed by atoms with Crippen molar-refractivity contribution in [3.63, 3.8) is 0 Å². The van der Waals surface area contributed by atoms with Crippen molar-refractivity contribution >= 4 is 28.6 Å². The van der Waals surface area contributed by atoms with Gasteiger partial charge in [0.2, 0.25) is 5.95 Å². The Kier molecular flexibility index (Phi) is 7.33. The molecular formula is C30H30N6O2. The van der Waals surface area contributed by atoms with E-state index >= 15 is 0 Å². The van der Waals surface area contributed by atoms with Crippen LogP contribution in [-0.4, -0.2) is 27.5 Å². The van der Waals surface area contributed by atoms with E-state index in [1.807, 2.05) is 35.9 Å². The lowest BCUT2D eigenvalue weighted by molar-refractivity contribution is 0.0958.